The van der Waals surface area contributed by atoms with E-state index < -0.39 is 23.5 Å². The van der Waals surface area contributed by atoms with Gasteiger partial charge < -0.3 is 9.52 Å². The number of carbonyl (C=O) groups is 2. The number of aliphatic hydroxyl groups is 1. The van der Waals surface area contributed by atoms with Gasteiger partial charge in [0.15, 0.2) is 0 Å². The van der Waals surface area contributed by atoms with Crippen LogP contribution in [0, 0.1) is 19.7 Å². The van der Waals surface area contributed by atoms with E-state index in [0.29, 0.717) is 17.2 Å². The molecule has 4 rings (SSSR count). The van der Waals surface area contributed by atoms with E-state index in [1.165, 1.54) is 29.2 Å². The molecule has 1 saturated heterocycles. The molecule has 2 heterocycles. The van der Waals surface area contributed by atoms with Crippen LogP contribution in [-0.4, -0.2) is 16.8 Å². The van der Waals surface area contributed by atoms with Crippen LogP contribution in [0.2, 0.25) is 0 Å². The normalized spacial score (nSPS) is 18.4. The van der Waals surface area contributed by atoms with Crippen molar-refractivity contribution in [1.82, 2.24) is 0 Å². The summed E-state index contributed by atoms with van der Waals surface area (Å²) in [4.78, 5) is 27.1. The minimum absolute atomic E-state index is 0.100. The molecule has 0 saturated carbocycles. The SMILES string of the molecule is Cc1ccc(N2C(=O)C(=O)/C(=C(\O)c3ccc(F)cc3)C2c2ccc(C)o2)cc1. The molecule has 1 aromatic heterocycles. The third-order valence-electron chi connectivity index (χ3n) is 4.90. The zero-order chi connectivity index (χ0) is 20.7. The Morgan fingerprint density at radius 3 is 2.21 bits per heavy atom. The van der Waals surface area contributed by atoms with Crippen LogP contribution in [0.25, 0.3) is 5.76 Å². The Labute approximate surface area is 166 Å². The maximum absolute atomic E-state index is 13.3. The fourth-order valence-corrected chi connectivity index (χ4v) is 3.44. The van der Waals surface area contributed by atoms with Gasteiger partial charge in [0.1, 0.15) is 29.1 Å². The number of anilines is 1. The molecule has 6 heteroatoms. The molecule has 5 nitrogen and oxygen atoms in total. The van der Waals surface area contributed by atoms with E-state index in [1.54, 1.807) is 31.2 Å². The first-order chi connectivity index (χ1) is 13.9. The molecule has 2 aromatic carbocycles. The Balaban J connectivity index is 1.92. The average molecular weight is 391 g/mol. The quantitative estimate of drug-likeness (QED) is 0.400. The summed E-state index contributed by atoms with van der Waals surface area (Å²) >= 11 is 0. The second kappa shape index (κ2) is 7.05. The highest BCUT2D eigenvalue weighted by atomic mass is 19.1. The van der Waals surface area contributed by atoms with Crippen LogP contribution in [0.4, 0.5) is 10.1 Å². The predicted octanol–water partition coefficient (Wildman–Crippen LogP) is 4.66. The maximum atomic E-state index is 13.3. The number of ketones is 1. The Hall–Kier alpha value is -3.67. The lowest BCUT2D eigenvalue weighted by Crippen LogP contribution is -2.29. The van der Waals surface area contributed by atoms with Crippen LogP contribution in [0.3, 0.4) is 0 Å². The molecule has 146 valence electrons. The highest BCUT2D eigenvalue weighted by Crippen LogP contribution is 2.42. The van der Waals surface area contributed by atoms with Crippen molar-refractivity contribution in [2.24, 2.45) is 0 Å². The van der Waals surface area contributed by atoms with Crippen LogP contribution in [0.5, 0.6) is 0 Å². The zero-order valence-electron chi connectivity index (χ0n) is 15.8. The highest BCUT2D eigenvalue weighted by molar-refractivity contribution is 6.51. The fraction of sp³-hybridized carbons (Fsp3) is 0.130. The summed E-state index contributed by atoms with van der Waals surface area (Å²) in [6, 6.07) is 14.7. The standard InChI is InChI=1S/C23H18FNO4/c1-13-3-10-17(11-4-13)25-20(18-12-5-14(2)29-18)19(22(27)23(25)28)21(26)15-6-8-16(24)9-7-15/h3-12,20,26H,1-2H3/b21-19-. The van der Waals surface area contributed by atoms with E-state index in [0.717, 1.165) is 5.56 Å². The van der Waals surface area contributed by atoms with Crippen LogP contribution < -0.4 is 4.90 Å². The number of amides is 1. The molecular formula is C23H18FNO4. The number of rotatable bonds is 3. The van der Waals surface area contributed by atoms with E-state index in [-0.39, 0.29) is 16.9 Å². The van der Waals surface area contributed by atoms with Crippen LogP contribution >= 0.6 is 0 Å². The molecule has 0 radical (unpaired) electrons. The molecule has 1 N–H and O–H groups in total. The lowest BCUT2D eigenvalue weighted by atomic mass is 9.99. The molecule has 29 heavy (non-hydrogen) atoms. The van der Waals surface area contributed by atoms with Gasteiger partial charge in [-0.05, 0) is 62.4 Å². The van der Waals surface area contributed by atoms with Gasteiger partial charge in [-0.25, -0.2) is 4.39 Å². The van der Waals surface area contributed by atoms with Gasteiger partial charge in [-0.15, -0.1) is 0 Å². The number of aryl methyl sites for hydroxylation is 2. The van der Waals surface area contributed by atoms with Crippen molar-refractivity contribution in [2.75, 3.05) is 4.90 Å². The third-order valence-corrected chi connectivity index (χ3v) is 4.90. The van der Waals surface area contributed by atoms with E-state index in [9.17, 15) is 19.1 Å². The number of furan rings is 1. The first kappa shape index (κ1) is 18.7. The molecule has 1 fully saturated rings. The van der Waals surface area contributed by atoms with Crippen LogP contribution in [0.15, 0.2) is 70.7 Å². The minimum Gasteiger partial charge on any atom is -0.507 e. The number of nitrogens with zero attached hydrogens (tertiary/aromatic N) is 1. The summed E-state index contributed by atoms with van der Waals surface area (Å²) in [7, 11) is 0. The summed E-state index contributed by atoms with van der Waals surface area (Å²) in [5.74, 6) is -1.48. The zero-order valence-corrected chi connectivity index (χ0v) is 15.8. The first-order valence-corrected chi connectivity index (χ1v) is 9.07. The number of aliphatic hydroxyl groups excluding tert-OH is 1. The van der Waals surface area contributed by atoms with E-state index in [1.807, 2.05) is 19.1 Å². The fourth-order valence-electron chi connectivity index (χ4n) is 3.44. The van der Waals surface area contributed by atoms with Gasteiger partial charge in [0.25, 0.3) is 11.7 Å². The van der Waals surface area contributed by atoms with Gasteiger partial charge in [0.2, 0.25) is 0 Å². The van der Waals surface area contributed by atoms with E-state index >= 15 is 0 Å². The maximum Gasteiger partial charge on any atom is 0.300 e. The van der Waals surface area contributed by atoms with Crippen molar-refractivity contribution in [3.8, 4) is 0 Å². The molecule has 1 unspecified atom stereocenters. The molecule has 0 aliphatic carbocycles. The summed E-state index contributed by atoms with van der Waals surface area (Å²) in [6.07, 6.45) is 0. The van der Waals surface area contributed by atoms with Crippen molar-refractivity contribution in [3.05, 3.63) is 94.7 Å². The number of benzene rings is 2. The van der Waals surface area contributed by atoms with Gasteiger partial charge >= 0.3 is 0 Å². The number of carbonyl (C=O) groups excluding carboxylic acids is 2. The lowest BCUT2D eigenvalue weighted by molar-refractivity contribution is -0.132. The van der Waals surface area contributed by atoms with E-state index in [2.05, 4.69) is 0 Å². The topological polar surface area (TPSA) is 70.8 Å². The highest BCUT2D eigenvalue weighted by Gasteiger charge is 2.48. The van der Waals surface area contributed by atoms with Crippen LogP contribution in [-0.2, 0) is 9.59 Å². The number of hydrogen-bond donors (Lipinski definition) is 1. The van der Waals surface area contributed by atoms with Crippen molar-refractivity contribution in [2.45, 2.75) is 19.9 Å². The van der Waals surface area contributed by atoms with Crippen molar-refractivity contribution in [1.29, 1.82) is 0 Å². The minimum atomic E-state index is -0.934. The second-order valence-electron chi connectivity index (χ2n) is 6.96. The Morgan fingerprint density at radius 2 is 1.62 bits per heavy atom. The lowest BCUT2D eigenvalue weighted by Gasteiger charge is -2.23. The predicted molar refractivity (Wildman–Crippen MR) is 106 cm³/mol. The smallest absolute Gasteiger partial charge is 0.300 e. The summed E-state index contributed by atoms with van der Waals surface area (Å²) in [5, 5.41) is 10.9. The second-order valence-corrected chi connectivity index (χ2v) is 6.96. The molecule has 1 aliphatic rings. The number of Topliss-reactive ketones (excluding diaryl/α,β-unsaturated/α-hetero) is 1. The molecule has 1 aliphatic heterocycles. The average Bonchev–Trinajstić information content (AvgIpc) is 3.24. The number of halogens is 1. The Morgan fingerprint density at radius 1 is 0.966 bits per heavy atom. The Kier molecular flexibility index (Phi) is 4.54. The largest absolute Gasteiger partial charge is 0.507 e. The van der Waals surface area contributed by atoms with Crippen molar-refractivity contribution >= 4 is 23.1 Å². The summed E-state index contributed by atoms with van der Waals surface area (Å²) in [5.41, 5.74) is 1.65. The third kappa shape index (κ3) is 3.23. The number of hydrogen-bond acceptors (Lipinski definition) is 4. The summed E-state index contributed by atoms with van der Waals surface area (Å²) < 4.78 is 19.0. The molecule has 0 bridgehead atoms. The molecule has 1 atom stereocenters. The van der Waals surface area contributed by atoms with E-state index in [4.69, 9.17) is 4.42 Å². The first-order valence-electron chi connectivity index (χ1n) is 9.07. The van der Waals surface area contributed by atoms with Gasteiger partial charge in [-0.2, -0.15) is 0 Å². The van der Waals surface area contributed by atoms with Gasteiger partial charge in [0, 0.05) is 11.3 Å². The van der Waals surface area contributed by atoms with Crippen LogP contribution in [0.1, 0.15) is 28.7 Å². The van der Waals surface area contributed by atoms with Gasteiger partial charge in [-0.3, -0.25) is 14.5 Å². The molecule has 0 spiro atoms. The molecule has 3 aromatic rings. The molecule has 1 amide bonds. The van der Waals surface area contributed by atoms with Gasteiger partial charge in [-0.1, -0.05) is 17.7 Å². The monoisotopic (exact) mass is 391 g/mol. The van der Waals surface area contributed by atoms with Gasteiger partial charge in [0.05, 0.1) is 5.57 Å². The van der Waals surface area contributed by atoms with Crippen molar-refractivity contribution < 1.29 is 23.5 Å². The van der Waals surface area contributed by atoms with Crippen molar-refractivity contribution in [3.63, 3.8) is 0 Å². The summed E-state index contributed by atoms with van der Waals surface area (Å²) in [6.45, 7) is 3.67. The Bertz CT molecular complexity index is 1130. The molecular weight excluding hydrogens is 373 g/mol.